The predicted octanol–water partition coefficient (Wildman–Crippen LogP) is -0.01000. The van der Waals surface area contributed by atoms with Crippen molar-refractivity contribution in [1.82, 2.24) is 10.2 Å². The Labute approximate surface area is 164 Å². The Hall–Kier alpha value is -2.89. The van der Waals surface area contributed by atoms with Crippen LogP contribution in [0.2, 0.25) is 0 Å². The van der Waals surface area contributed by atoms with E-state index in [1.54, 1.807) is 12.1 Å². The summed E-state index contributed by atoms with van der Waals surface area (Å²) in [6, 6.07) is 12.6. The average molecular weight is 401 g/mol. The molecule has 0 saturated carbocycles. The minimum absolute atomic E-state index is 0.212. The quantitative estimate of drug-likeness (QED) is 0.405. The van der Waals surface area contributed by atoms with Crippen molar-refractivity contribution in [2.45, 2.75) is 30.5 Å². The number of rotatable bonds is 4. The van der Waals surface area contributed by atoms with Gasteiger partial charge in [-0.05, 0) is 22.9 Å². The number of benzene rings is 2. The molecular formula is C19H19N3O7. The van der Waals surface area contributed by atoms with E-state index in [4.69, 9.17) is 9.15 Å². The Morgan fingerprint density at radius 1 is 1.00 bits per heavy atom. The van der Waals surface area contributed by atoms with Crippen molar-refractivity contribution >= 4 is 22.7 Å². The second-order valence-corrected chi connectivity index (χ2v) is 6.71. The van der Waals surface area contributed by atoms with Gasteiger partial charge >= 0.3 is 6.01 Å². The number of aliphatic hydroxyl groups is 4. The molecule has 1 fully saturated rings. The van der Waals surface area contributed by atoms with Crippen molar-refractivity contribution in [1.29, 1.82) is 0 Å². The first kappa shape index (κ1) is 19.4. The predicted molar refractivity (Wildman–Crippen MR) is 98.9 cm³/mol. The number of hydrogen-bond acceptors (Lipinski definition) is 9. The monoisotopic (exact) mass is 401 g/mol. The summed E-state index contributed by atoms with van der Waals surface area (Å²) in [4.78, 5) is 12.5. The van der Waals surface area contributed by atoms with Crippen molar-refractivity contribution in [3.8, 4) is 0 Å². The molecule has 0 aliphatic carbocycles. The number of ether oxygens (including phenoxy) is 1. The molecule has 5 atom stereocenters. The number of nitrogens with zero attached hydrogens (tertiary/aromatic N) is 2. The van der Waals surface area contributed by atoms with Crippen LogP contribution >= 0.6 is 0 Å². The molecule has 5 N–H and O–H groups in total. The molecule has 1 aliphatic rings. The van der Waals surface area contributed by atoms with Crippen LogP contribution in [0.1, 0.15) is 22.4 Å². The molecule has 0 bridgehead atoms. The minimum atomic E-state index is -1.58. The second-order valence-electron chi connectivity index (χ2n) is 6.71. The number of hydrogen-bond donors (Lipinski definition) is 5. The highest BCUT2D eigenvalue weighted by Gasteiger charge is 2.46. The van der Waals surface area contributed by atoms with Crippen LogP contribution in [-0.2, 0) is 4.74 Å². The number of aliphatic hydroxyl groups excluding tert-OH is 4. The molecule has 1 amide bonds. The van der Waals surface area contributed by atoms with Crippen LogP contribution in [0.3, 0.4) is 0 Å². The van der Waals surface area contributed by atoms with Gasteiger partial charge in [-0.25, -0.2) is 0 Å². The van der Waals surface area contributed by atoms with Crippen LogP contribution in [-0.4, -0.2) is 67.6 Å². The van der Waals surface area contributed by atoms with Gasteiger partial charge in [0, 0.05) is 5.56 Å². The van der Waals surface area contributed by atoms with E-state index in [9.17, 15) is 25.2 Å². The van der Waals surface area contributed by atoms with Crippen LogP contribution in [0, 0.1) is 0 Å². The van der Waals surface area contributed by atoms with Crippen molar-refractivity contribution in [2.75, 3.05) is 11.9 Å². The number of anilines is 1. The average Bonchev–Trinajstić information content (AvgIpc) is 3.20. The summed E-state index contributed by atoms with van der Waals surface area (Å²) in [5.41, 5.74) is 0.385. The largest absolute Gasteiger partial charge is 0.405 e. The molecule has 2 heterocycles. The molecule has 152 valence electrons. The lowest BCUT2D eigenvalue weighted by Crippen LogP contribution is -2.55. The lowest BCUT2D eigenvalue weighted by molar-refractivity contribution is -0.236. The molecule has 4 rings (SSSR count). The first-order valence-corrected chi connectivity index (χ1v) is 8.92. The summed E-state index contributed by atoms with van der Waals surface area (Å²) < 4.78 is 10.7. The van der Waals surface area contributed by atoms with E-state index in [2.05, 4.69) is 15.5 Å². The van der Waals surface area contributed by atoms with Crippen molar-refractivity contribution in [3.63, 3.8) is 0 Å². The Balaban J connectivity index is 1.50. The molecule has 10 nitrogen and oxygen atoms in total. The van der Waals surface area contributed by atoms with Gasteiger partial charge in [0.25, 0.3) is 5.91 Å². The molecule has 1 aliphatic heterocycles. The van der Waals surface area contributed by atoms with Gasteiger partial charge in [0.1, 0.15) is 24.4 Å². The second kappa shape index (κ2) is 7.85. The maximum atomic E-state index is 12.5. The number of amides is 1. The van der Waals surface area contributed by atoms with E-state index in [0.717, 1.165) is 10.8 Å². The fraction of sp³-hybridized carbons (Fsp3) is 0.316. The van der Waals surface area contributed by atoms with E-state index < -0.39 is 43.0 Å². The van der Waals surface area contributed by atoms with Crippen molar-refractivity contribution in [3.05, 3.63) is 53.9 Å². The normalized spacial score (nSPS) is 27.1. The number of aromatic nitrogens is 2. The van der Waals surface area contributed by atoms with E-state index >= 15 is 0 Å². The standard InChI is InChI=1S/C19H19N3O7/c23-8-12-13(24)14(25)15(26)16(28-12)18-21-22-19(29-18)20-17(27)11-6-5-9-3-1-2-4-10(9)7-11/h1-7,12-16,23-26H,8H2,(H,20,22,27)/t12-,13-,14+,15-,16-/m1/s1. The number of fused-ring (bicyclic) bond motifs is 1. The fourth-order valence-electron chi connectivity index (χ4n) is 3.21. The highest BCUT2D eigenvalue weighted by molar-refractivity contribution is 6.05. The Morgan fingerprint density at radius 3 is 2.52 bits per heavy atom. The van der Waals surface area contributed by atoms with Crippen LogP contribution in [0.5, 0.6) is 0 Å². The Kier molecular flexibility index (Phi) is 5.26. The van der Waals surface area contributed by atoms with Crippen LogP contribution in [0.25, 0.3) is 10.8 Å². The first-order chi connectivity index (χ1) is 14.0. The zero-order valence-electron chi connectivity index (χ0n) is 15.0. The molecular weight excluding hydrogens is 382 g/mol. The maximum Gasteiger partial charge on any atom is 0.322 e. The summed E-state index contributed by atoms with van der Waals surface area (Å²) in [5, 5.41) is 50.8. The first-order valence-electron chi connectivity index (χ1n) is 8.92. The third-order valence-electron chi connectivity index (χ3n) is 4.81. The third-order valence-corrected chi connectivity index (χ3v) is 4.81. The van der Waals surface area contributed by atoms with Gasteiger partial charge in [0.15, 0.2) is 6.10 Å². The van der Waals surface area contributed by atoms with Crippen LogP contribution in [0.15, 0.2) is 46.9 Å². The van der Waals surface area contributed by atoms with Gasteiger partial charge in [-0.2, -0.15) is 0 Å². The Morgan fingerprint density at radius 2 is 1.76 bits per heavy atom. The summed E-state index contributed by atoms with van der Waals surface area (Å²) in [6.45, 7) is -0.582. The molecule has 1 saturated heterocycles. The maximum absolute atomic E-state index is 12.5. The zero-order valence-corrected chi connectivity index (χ0v) is 15.0. The smallest absolute Gasteiger partial charge is 0.322 e. The molecule has 0 unspecified atom stereocenters. The molecule has 0 radical (unpaired) electrons. The number of carbonyl (C=O) groups is 1. The summed E-state index contributed by atoms with van der Waals surface area (Å²) in [5.74, 6) is -0.685. The van der Waals surface area contributed by atoms with Gasteiger partial charge in [-0.15, -0.1) is 5.10 Å². The molecule has 10 heteroatoms. The van der Waals surface area contributed by atoms with E-state index in [1.807, 2.05) is 30.3 Å². The van der Waals surface area contributed by atoms with E-state index in [1.165, 1.54) is 0 Å². The zero-order chi connectivity index (χ0) is 20.5. The van der Waals surface area contributed by atoms with Crippen molar-refractivity contribution in [2.24, 2.45) is 0 Å². The van der Waals surface area contributed by atoms with E-state index in [0.29, 0.717) is 5.56 Å². The number of nitrogens with one attached hydrogen (secondary N) is 1. The SMILES string of the molecule is O=C(Nc1nnc([C@@H]2O[C@H](CO)[C@@H](O)[C@H](O)[C@H]2O)o1)c1ccc2ccccc2c1. The van der Waals surface area contributed by atoms with E-state index in [-0.39, 0.29) is 11.9 Å². The molecule has 0 spiro atoms. The van der Waals surface area contributed by atoms with Crippen molar-refractivity contribution < 1.29 is 34.4 Å². The molecule has 3 aromatic rings. The summed E-state index contributed by atoms with van der Waals surface area (Å²) in [7, 11) is 0. The van der Waals surface area contributed by atoms with Gasteiger partial charge < -0.3 is 29.6 Å². The lowest BCUT2D eigenvalue weighted by atomic mass is 9.95. The Bertz CT molecular complexity index is 1020. The highest BCUT2D eigenvalue weighted by atomic mass is 16.6. The summed E-state index contributed by atoms with van der Waals surface area (Å²) in [6.07, 6.45) is -7.02. The summed E-state index contributed by atoms with van der Waals surface area (Å²) >= 11 is 0. The van der Waals surface area contributed by atoms with Gasteiger partial charge in [-0.3, -0.25) is 10.1 Å². The molecule has 2 aromatic carbocycles. The molecule has 29 heavy (non-hydrogen) atoms. The lowest BCUT2D eigenvalue weighted by Gasteiger charge is -2.38. The van der Waals surface area contributed by atoms with Crippen LogP contribution < -0.4 is 5.32 Å². The van der Waals surface area contributed by atoms with Gasteiger partial charge in [0.05, 0.1) is 6.61 Å². The van der Waals surface area contributed by atoms with Gasteiger partial charge in [0.2, 0.25) is 5.89 Å². The topological polar surface area (TPSA) is 158 Å². The van der Waals surface area contributed by atoms with Gasteiger partial charge in [-0.1, -0.05) is 35.4 Å². The van der Waals surface area contributed by atoms with Crippen LogP contribution in [0.4, 0.5) is 6.01 Å². The third kappa shape index (κ3) is 3.71. The fourth-order valence-corrected chi connectivity index (χ4v) is 3.21. The molecule has 1 aromatic heterocycles. The number of carbonyl (C=O) groups excluding carboxylic acids is 1. The highest BCUT2D eigenvalue weighted by Crippen LogP contribution is 2.32. The minimum Gasteiger partial charge on any atom is -0.405 e.